The summed E-state index contributed by atoms with van der Waals surface area (Å²) in [6.45, 7) is 2.17. The SMILES string of the molecule is CCOC(=O)CCCNS(=O)(=O)c1c(Br)nnn1C. The number of carbonyl (C=O) groups is 1. The first-order chi connectivity index (χ1) is 8.88. The molecule has 0 radical (unpaired) electrons. The topological polar surface area (TPSA) is 103 Å². The predicted molar refractivity (Wildman–Crippen MR) is 69.8 cm³/mol. The zero-order valence-electron chi connectivity index (χ0n) is 10.6. The van der Waals surface area contributed by atoms with Gasteiger partial charge in [0.25, 0.3) is 10.0 Å². The van der Waals surface area contributed by atoms with E-state index in [9.17, 15) is 13.2 Å². The van der Waals surface area contributed by atoms with Crippen LogP contribution in [0.25, 0.3) is 0 Å². The number of esters is 1. The fourth-order valence-corrected chi connectivity index (χ4v) is 3.51. The monoisotopic (exact) mass is 354 g/mol. The van der Waals surface area contributed by atoms with Crippen LogP contribution in [0.15, 0.2) is 9.63 Å². The van der Waals surface area contributed by atoms with Crippen molar-refractivity contribution in [1.29, 1.82) is 0 Å². The molecule has 0 aliphatic carbocycles. The molecule has 10 heteroatoms. The summed E-state index contributed by atoms with van der Waals surface area (Å²) in [5.41, 5.74) is 0. The Morgan fingerprint density at radius 1 is 1.53 bits per heavy atom. The van der Waals surface area contributed by atoms with E-state index in [1.54, 1.807) is 6.92 Å². The number of nitrogens with one attached hydrogen (secondary N) is 1. The fourth-order valence-electron chi connectivity index (χ4n) is 1.35. The zero-order chi connectivity index (χ0) is 14.5. The Bertz CT molecular complexity index is 523. The highest BCUT2D eigenvalue weighted by Crippen LogP contribution is 2.17. The van der Waals surface area contributed by atoms with Gasteiger partial charge in [0, 0.05) is 20.0 Å². The van der Waals surface area contributed by atoms with E-state index in [2.05, 4.69) is 31.0 Å². The summed E-state index contributed by atoms with van der Waals surface area (Å²) in [4.78, 5) is 11.1. The summed E-state index contributed by atoms with van der Waals surface area (Å²) < 4.78 is 32.3. The van der Waals surface area contributed by atoms with Gasteiger partial charge in [0.2, 0.25) is 5.03 Å². The lowest BCUT2D eigenvalue weighted by Gasteiger charge is -2.06. The number of nitrogens with zero attached hydrogens (tertiary/aromatic N) is 3. The lowest BCUT2D eigenvalue weighted by Crippen LogP contribution is -2.27. The van der Waals surface area contributed by atoms with E-state index >= 15 is 0 Å². The molecule has 1 rings (SSSR count). The van der Waals surface area contributed by atoms with Crippen LogP contribution in [0.2, 0.25) is 0 Å². The normalized spacial score (nSPS) is 11.5. The van der Waals surface area contributed by atoms with Crippen LogP contribution in [0.1, 0.15) is 19.8 Å². The molecule has 0 fully saturated rings. The number of carbonyl (C=O) groups excluding carboxylic acids is 1. The van der Waals surface area contributed by atoms with Crippen molar-refractivity contribution in [1.82, 2.24) is 19.7 Å². The molecule has 1 aromatic rings. The summed E-state index contributed by atoms with van der Waals surface area (Å²) in [5, 5.41) is 7.14. The standard InChI is InChI=1S/C9H15BrN4O4S/c1-3-18-7(15)5-4-6-11-19(16,17)9-8(10)12-13-14(9)2/h11H,3-6H2,1-2H3. The van der Waals surface area contributed by atoms with Gasteiger partial charge in [0.15, 0.2) is 4.60 Å². The summed E-state index contributed by atoms with van der Waals surface area (Å²) in [7, 11) is -2.22. The third kappa shape index (κ3) is 4.55. The van der Waals surface area contributed by atoms with Crippen molar-refractivity contribution in [3.63, 3.8) is 0 Å². The first-order valence-corrected chi connectivity index (χ1v) is 7.86. The Hall–Kier alpha value is -1.00. The third-order valence-corrected chi connectivity index (χ3v) is 4.49. The van der Waals surface area contributed by atoms with Crippen molar-refractivity contribution >= 4 is 31.9 Å². The quantitative estimate of drug-likeness (QED) is 0.554. The van der Waals surface area contributed by atoms with E-state index in [1.165, 1.54) is 7.05 Å². The molecule has 0 saturated carbocycles. The molecule has 0 atom stereocenters. The second kappa shape index (κ2) is 6.96. The Labute approximate surface area is 119 Å². The van der Waals surface area contributed by atoms with Gasteiger partial charge in [-0.05, 0) is 29.3 Å². The van der Waals surface area contributed by atoms with Crippen molar-refractivity contribution < 1.29 is 17.9 Å². The lowest BCUT2D eigenvalue weighted by atomic mass is 10.3. The number of sulfonamides is 1. The highest BCUT2D eigenvalue weighted by Gasteiger charge is 2.23. The van der Waals surface area contributed by atoms with Crippen LogP contribution in [-0.4, -0.2) is 42.5 Å². The van der Waals surface area contributed by atoms with Gasteiger partial charge in [-0.15, -0.1) is 5.10 Å². The highest BCUT2D eigenvalue weighted by atomic mass is 79.9. The largest absolute Gasteiger partial charge is 0.466 e. The maximum Gasteiger partial charge on any atom is 0.305 e. The van der Waals surface area contributed by atoms with Gasteiger partial charge in [-0.2, -0.15) is 0 Å². The van der Waals surface area contributed by atoms with Crippen LogP contribution in [-0.2, 0) is 26.6 Å². The molecule has 1 heterocycles. The van der Waals surface area contributed by atoms with Crippen molar-refractivity contribution in [2.24, 2.45) is 7.05 Å². The molecule has 0 bridgehead atoms. The van der Waals surface area contributed by atoms with Crippen LogP contribution < -0.4 is 4.72 Å². The van der Waals surface area contributed by atoms with E-state index in [1.807, 2.05) is 0 Å². The molecular formula is C9H15BrN4O4S. The molecule has 0 aliphatic rings. The number of rotatable bonds is 7. The van der Waals surface area contributed by atoms with E-state index in [0.29, 0.717) is 13.0 Å². The molecule has 0 spiro atoms. The molecule has 0 aromatic carbocycles. The van der Waals surface area contributed by atoms with Crippen molar-refractivity contribution in [2.75, 3.05) is 13.2 Å². The minimum Gasteiger partial charge on any atom is -0.466 e. The summed E-state index contributed by atoms with van der Waals surface area (Å²) in [6.07, 6.45) is 0.530. The number of aromatic nitrogens is 3. The molecule has 8 nitrogen and oxygen atoms in total. The van der Waals surface area contributed by atoms with Gasteiger partial charge < -0.3 is 4.74 Å². The Morgan fingerprint density at radius 3 is 2.74 bits per heavy atom. The Morgan fingerprint density at radius 2 is 2.21 bits per heavy atom. The van der Waals surface area contributed by atoms with E-state index < -0.39 is 10.0 Å². The van der Waals surface area contributed by atoms with Crippen LogP contribution >= 0.6 is 15.9 Å². The molecule has 0 aliphatic heterocycles. The Kier molecular flexibility index (Phi) is 5.88. The van der Waals surface area contributed by atoms with E-state index in [4.69, 9.17) is 4.74 Å². The Balaban J connectivity index is 2.51. The smallest absolute Gasteiger partial charge is 0.305 e. The highest BCUT2D eigenvalue weighted by molar-refractivity contribution is 9.10. The maximum absolute atomic E-state index is 11.9. The number of ether oxygens (including phenoxy) is 1. The number of aryl methyl sites for hydroxylation is 1. The second-order valence-electron chi connectivity index (χ2n) is 3.62. The van der Waals surface area contributed by atoms with Gasteiger partial charge in [-0.1, -0.05) is 5.21 Å². The van der Waals surface area contributed by atoms with Crippen molar-refractivity contribution in [3.05, 3.63) is 4.60 Å². The molecule has 0 unspecified atom stereocenters. The van der Waals surface area contributed by atoms with Crippen molar-refractivity contribution in [2.45, 2.75) is 24.8 Å². The van der Waals surface area contributed by atoms with Crippen LogP contribution in [0.3, 0.4) is 0 Å². The van der Waals surface area contributed by atoms with Crippen LogP contribution in [0.5, 0.6) is 0 Å². The average molecular weight is 355 g/mol. The van der Waals surface area contributed by atoms with Gasteiger partial charge in [0.05, 0.1) is 6.61 Å². The summed E-state index contributed by atoms with van der Waals surface area (Å²) in [6, 6.07) is 0. The third-order valence-electron chi connectivity index (χ3n) is 2.15. The first kappa shape index (κ1) is 16.1. The molecule has 0 amide bonds. The predicted octanol–water partition coefficient (Wildman–Crippen LogP) is 0.199. The van der Waals surface area contributed by atoms with Crippen LogP contribution in [0, 0.1) is 0 Å². The van der Waals surface area contributed by atoms with Gasteiger partial charge >= 0.3 is 5.97 Å². The molecule has 0 saturated heterocycles. The fraction of sp³-hybridized carbons (Fsp3) is 0.667. The molecular weight excluding hydrogens is 340 g/mol. The minimum absolute atomic E-state index is 0.0522. The first-order valence-electron chi connectivity index (χ1n) is 5.59. The number of hydrogen-bond donors (Lipinski definition) is 1. The molecule has 1 N–H and O–H groups in total. The number of halogens is 1. The zero-order valence-corrected chi connectivity index (χ0v) is 13.0. The molecule has 19 heavy (non-hydrogen) atoms. The van der Waals surface area contributed by atoms with E-state index in [-0.39, 0.29) is 28.6 Å². The molecule has 1 aromatic heterocycles. The van der Waals surface area contributed by atoms with Crippen LogP contribution in [0.4, 0.5) is 0 Å². The van der Waals surface area contributed by atoms with Crippen molar-refractivity contribution in [3.8, 4) is 0 Å². The maximum atomic E-state index is 11.9. The van der Waals surface area contributed by atoms with Gasteiger partial charge in [-0.3, -0.25) is 4.79 Å². The lowest BCUT2D eigenvalue weighted by molar-refractivity contribution is -0.143. The van der Waals surface area contributed by atoms with Gasteiger partial charge in [-0.25, -0.2) is 17.8 Å². The summed E-state index contributed by atoms with van der Waals surface area (Å²) in [5.74, 6) is -0.343. The number of hydrogen-bond acceptors (Lipinski definition) is 6. The minimum atomic E-state index is -3.70. The average Bonchev–Trinajstić information content (AvgIpc) is 2.65. The summed E-state index contributed by atoms with van der Waals surface area (Å²) >= 11 is 3.02. The van der Waals surface area contributed by atoms with E-state index in [0.717, 1.165) is 4.68 Å². The second-order valence-corrected chi connectivity index (χ2v) is 6.05. The molecule has 108 valence electrons. The van der Waals surface area contributed by atoms with Gasteiger partial charge in [0.1, 0.15) is 0 Å².